The lowest BCUT2D eigenvalue weighted by Gasteiger charge is -2.13. The predicted molar refractivity (Wildman–Crippen MR) is 210 cm³/mol. The minimum absolute atomic E-state index is 0.613. The van der Waals surface area contributed by atoms with Gasteiger partial charge in [-0.25, -0.2) is 24.9 Å². The van der Waals surface area contributed by atoms with Crippen LogP contribution in [0, 0.1) is 0 Å². The molecule has 242 valence electrons. The van der Waals surface area contributed by atoms with Crippen LogP contribution in [0.4, 0.5) is 0 Å². The first kappa shape index (κ1) is 28.6. The summed E-state index contributed by atoms with van der Waals surface area (Å²) < 4.78 is 4.44. The number of rotatable bonds is 4. The first-order valence-corrected chi connectivity index (χ1v) is 17.3. The third-order valence-corrected chi connectivity index (χ3v) is 9.95. The van der Waals surface area contributed by atoms with Crippen LogP contribution in [-0.2, 0) is 0 Å². The quantitative estimate of drug-likeness (QED) is 0.187. The molecule has 0 amide bonds. The summed E-state index contributed by atoms with van der Waals surface area (Å²) >= 11 is 0. The highest BCUT2D eigenvalue weighted by Crippen LogP contribution is 2.37. The Morgan fingerprint density at radius 1 is 0.365 bits per heavy atom. The van der Waals surface area contributed by atoms with Gasteiger partial charge in [0.2, 0.25) is 5.95 Å². The number of benzene rings is 7. The molecule has 7 nitrogen and oxygen atoms in total. The van der Waals surface area contributed by atoms with Gasteiger partial charge in [-0.3, -0.25) is 8.97 Å². The van der Waals surface area contributed by atoms with Crippen molar-refractivity contribution in [3.63, 3.8) is 0 Å². The molecule has 0 aliphatic carbocycles. The molecule has 4 aromatic heterocycles. The van der Waals surface area contributed by atoms with Crippen molar-refractivity contribution in [2.75, 3.05) is 0 Å². The Bertz CT molecular complexity index is 3190. The van der Waals surface area contributed by atoms with Crippen LogP contribution in [0.2, 0.25) is 0 Å². The second-order valence-corrected chi connectivity index (χ2v) is 13.0. The van der Waals surface area contributed by atoms with Crippen molar-refractivity contribution in [1.82, 2.24) is 33.9 Å². The number of hydrogen-bond acceptors (Lipinski definition) is 5. The van der Waals surface area contributed by atoms with E-state index < -0.39 is 0 Å². The van der Waals surface area contributed by atoms with Crippen molar-refractivity contribution < 1.29 is 0 Å². The SMILES string of the molecule is c1ccc(-c2nc(-c3ccc4c(c3)c3ccccc3n4-c3nc4ccccc4c4nc5ccccc5n34)nc(-c3cccc4ccccc34)n2)cc1. The average molecular weight is 666 g/mol. The van der Waals surface area contributed by atoms with Crippen molar-refractivity contribution in [1.29, 1.82) is 0 Å². The monoisotopic (exact) mass is 665 g/mol. The molecule has 0 unspecified atom stereocenters. The lowest BCUT2D eigenvalue weighted by Crippen LogP contribution is -2.06. The van der Waals surface area contributed by atoms with Gasteiger partial charge in [-0.1, -0.05) is 115 Å². The second-order valence-electron chi connectivity index (χ2n) is 13.0. The molecule has 7 heteroatoms. The number of nitrogens with zero attached hydrogens (tertiary/aromatic N) is 7. The summed E-state index contributed by atoms with van der Waals surface area (Å²) in [4.78, 5) is 25.7. The molecule has 0 N–H and O–H groups in total. The zero-order valence-corrected chi connectivity index (χ0v) is 27.7. The predicted octanol–water partition coefficient (Wildman–Crippen LogP) is 10.5. The Labute approximate surface area is 297 Å². The van der Waals surface area contributed by atoms with Crippen molar-refractivity contribution in [2.24, 2.45) is 0 Å². The topological polar surface area (TPSA) is 73.8 Å². The summed E-state index contributed by atoms with van der Waals surface area (Å²) in [5.74, 6) is 2.66. The van der Waals surface area contributed by atoms with E-state index in [9.17, 15) is 0 Å². The molecule has 7 aromatic carbocycles. The highest BCUT2D eigenvalue weighted by atomic mass is 15.2. The van der Waals surface area contributed by atoms with E-state index in [4.69, 9.17) is 24.9 Å². The largest absolute Gasteiger partial charge is 0.279 e. The highest BCUT2D eigenvalue weighted by molar-refractivity contribution is 6.10. The van der Waals surface area contributed by atoms with Crippen LogP contribution in [-0.4, -0.2) is 33.9 Å². The van der Waals surface area contributed by atoms with Crippen LogP contribution in [0.3, 0.4) is 0 Å². The van der Waals surface area contributed by atoms with Gasteiger partial charge in [0.15, 0.2) is 17.5 Å². The van der Waals surface area contributed by atoms with Crippen molar-refractivity contribution in [2.45, 2.75) is 0 Å². The van der Waals surface area contributed by atoms with Crippen LogP contribution in [0.25, 0.3) is 100 Å². The number of para-hydroxylation sites is 4. The Hall–Kier alpha value is -7.25. The fourth-order valence-corrected chi connectivity index (χ4v) is 7.57. The standard InChI is InChI=1S/C45H27N7/c1-2-14-29(15-3-1)41-48-42(50-43(49-41)33-20-12-16-28-13-4-5-17-31(28)33)30-25-26-39-35(27-30)32-18-7-10-23-38(32)51(39)45-47-36-21-8-6-19-34(36)44-46-37-22-9-11-24-40(37)52(44)45/h1-27H. The van der Waals surface area contributed by atoms with Crippen molar-refractivity contribution >= 4 is 60.2 Å². The van der Waals surface area contributed by atoms with Crippen LogP contribution < -0.4 is 0 Å². The van der Waals surface area contributed by atoms with Gasteiger partial charge in [0.1, 0.15) is 5.65 Å². The second kappa shape index (κ2) is 11.1. The number of hydrogen-bond donors (Lipinski definition) is 0. The van der Waals surface area contributed by atoms with E-state index in [1.165, 1.54) is 0 Å². The summed E-state index contributed by atoms with van der Waals surface area (Å²) in [6.45, 7) is 0. The van der Waals surface area contributed by atoms with Crippen LogP contribution in [0.15, 0.2) is 164 Å². The summed E-state index contributed by atoms with van der Waals surface area (Å²) in [7, 11) is 0. The zero-order chi connectivity index (χ0) is 34.2. The van der Waals surface area contributed by atoms with E-state index in [0.717, 1.165) is 82.8 Å². The zero-order valence-electron chi connectivity index (χ0n) is 27.7. The maximum Gasteiger partial charge on any atom is 0.221 e. The summed E-state index contributed by atoms with van der Waals surface area (Å²) in [6, 6.07) is 56.2. The molecule has 0 radical (unpaired) electrons. The molecule has 0 aliphatic rings. The number of imidazole rings is 1. The molecule has 0 bridgehead atoms. The summed E-state index contributed by atoms with van der Waals surface area (Å²) in [5, 5.41) is 5.43. The van der Waals surface area contributed by atoms with E-state index in [2.05, 4.69) is 124 Å². The molecule has 52 heavy (non-hydrogen) atoms. The minimum atomic E-state index is 0.613. The third-order valence-electron chi connectivity index (χ3n) is 9.95. The Kier molecular flexibility index (Phi) is 6.12. The normalized spacial score (nSPS) is 11.8. The molecular formula is C45H27N7. The molecular weight excluding hydrogens is 639 g/mol. The molecule has 11 aromatic rings. The van der Waals surface area contributed by atoms with Crippen LogP contribution >= 0.6 is 0 Å². The smallest absolute Gasteiger partial charge is 0.221 e. The summed E-state index contributed by atoms with van der Waals surface area (Å²) in [5.41, 5.74) is 8.59. The van der Waals surface area contributed by atoms with Crippen molar-refractivity contribution in [3.8, 4) is 40.1 Å². The van der Waals surface area contributed by atoms with E-state index in [-0.39, 0.29) is 0 Å². The molecule has 11 rings (SSSR count). The van der Waals surface area contributed by atoms with E-state index in [1.807, 2.05) is 48.5 Å². The van der Waals surface area contributed by atoms with Crippen LogP contribution in [0.5, 0.6) is 0 Å². The fraction of sp³-hybridized carbons (Fsp3) is 0. The fourth-order valence-electron chi connectivity index (χ4n) is 7.57. The average Bonchev–Trinajstić information content (AvgIpc) is 3.77. The van der Waals surface area contributed by atoms with Crippen LogP contribution in [0.1, 0.15) is 0 Å². The van der Waals surface area contributed by atoms with Gasteiger partial charge in [0.25, 0.3) is 0 Å². The molecule has 0 spiro atoms. The molecule has 0 saturated carbocycles. The maximum atomic E-state index is 5.32. The van der Waals surface area contributed by atoms with Gasteiger partial charge >= 0.3 is 0 Å². The van der Waals surface area contributed by atoms with Gasteiger partial charge in [-0.05, 0) is 59.3 Å². The minimum Gasteiger partial charge on any atom is -0.279 e. The summed E-state index contributed by atoms with van der Waals surface area (Å²) in [6.07, 6.45) is 0. The van der Waals surface area contributed by atoms with Crippen molar-refractivity contribution in [3.05, 3.63) is 164 Å². The van der Waals surface area contributed by atoms with Gasteiger partial charge < -0.3 is 0 Å². The maximum absolute atomic E-state index is 5.32. The first-order chi connectivity index (χ1) is 25.8. The van der Waals surface area contributed by atoms with Gasteiger partial charge in [-0.2, -0.15) is 0 Å². The van der Waals surface area contributed by atoms with E-state index in [1.54, 1.807) is 0 Å². The number of fused-ring (bicyclic) bond motifs is 9. The Morgan fingerprint density at radius 3 is 1.87 bits per heavy atom. The molecule has 0 aliphatic heterocycles. The lowest BCUT2D eigenvalue weighted by molar-refractivity contribution is 0.979. The third kappa shape index (κ3) is 4.29. The first-order valence-electron chi connectivity index (χ1n) is 17.3. The Morgan fingerprint density at radius 2 is 1.00 bits per heavy atom. The van der Waals surface area contributed by atoms with E-state index >= 15 is 0 Å². The molecule has 4 heterocycles. The molecule has 0 fully saturated rings. The van der Waals surface area contributed by atoms with Gasteiger partial charge in [0.05, 0.1) is 27.6 Å². The van der Waals surface area contributed by atoms with Gasteiger partial charge in [-0.15, -0.1) is 0 Å². The lowest BCUT2D eigenvalue weighted by atomic mass is 10.0. The van der Waals surface area contributed by atoms with Gasteiger partial charge in [0, 0.05) is 32.8 Å². The Balaban J connectivity index is 1.18. The molecule has 0 saturated heterocycles. The molecule has 0 atom stereocenters. The van der Waals surface area contributed by atoms with E-state index in [0.29, 0.717) is 17.5 Å². The highest BCUT2D eigenvalue weighted by Gasteiger charge is 2.21. The number of aromatic nitrogens is 7.